The van der Waals surface area contributed by atoms with Gasteiger partial charge in [0.15, 0.2) is 0 Å². The highest BCUT2D eigenvalue weighted by atomic mass is 16.5. The molecule has 5 heteroatoms. The van der Waals surface area contributed by atoms with Gasteiger partial charge in [-0.25, -0.2) is 0 Å². The van der Waals surface area contributed by atoms with Crippen molar-refractivity contribution in [3.05, 3.63) is 0 Å². The zero-order valence-corrected chi connectivity index (χ0v) is 12.9. The number of amides is 1. The lowest BCUT2D eigenvalue weighted by Gasteiger charge is -2.39. The van der Waals surface area contributed by atoms with Gasteiger partial charge in [0.1, 0.15) is 0 Å². The Balaban J connectivity index is 1.90. The van der Waals surface area contributed by atoms with Gasteiger partial charge >= 0.3 is 0 Å². The van der Waals surface area contributed by atoms with E-state index in [0.29, 0.717) is 25.7 Å². The van der Waals surface area contributed by atoms with E-state index >= 15 is 0 Å². The second-order valence-corrected chi connectivity index (χ2v) is 6.53. The molecule has 2 aliphatic heterocycles. The smallest absolute Gasteiger partial charge is 0.229 e. The van der Waals surface area contributed by atoms with Crippen LogP contribution in [0, 0.1) is 11.3 Å². The number of likely N-dealkylation sites (tertiary alicyclic amines) is 1. The third-order valence-corrected chi connectivity index (χ3v) is 5.01. The van der Waals surface area contributed by atoms with Crippen molar-refractivity contribution >= 4 is 5.91 Å². The van der Waals surface area contributed by atoms with Crippen molar-refractivity contribution in [2.24, 2.45) is 17.1 Å². The van der Waals surface area contributed by atoms with Crippen LogP contribution in [0.3, 0.4) is 0 Å². The molecule has 5 nitrogen and oxygen atoms in total. The Morgan fingerprint density at radius 1 is 1.35 bits per heavy atom. The molecule has 2 fully saturated rings. The van der Waals surface area contributed by atoms with Crippen molar-refractivity contribution in [2.75, 3.05) is 53.5 Å². The topological polar surface area (TPSA) is 58.8 Å². The summed E-state index contributed by atoms with van der Waals surface area (Å²) in [5, 5.41) is 0. The van der Waals surface area contributed by atoms with E-state index in [1.165, 1.54) is 12.8 Å². The van der Waals surface area contributed by atoms with E-state index in [1.807, 2.05) is 11.9 Å². The highest BCUT2D eigenvalue weighted by Crippen LogP contribution is 2.32. The van der Waals surface area contributed by atoms with Crippen molar-refractivity contribution in [3.63, 3.8) is 0 Å². The van der Waals surface area contributed by atoms with Crippen LogP contribution >= 0.6 is 0 Å². The van der Waals surface area contributed by atoms with Gasteiger partial charge < -0.3 is 20.3 Å². The van der Waals surface area contributed by atoms with Crippen molar-refractivity contribution in [3.8, 4) is 0 Å². The molecular weight excluding hydrogens is 254 g/mol. The zero-order chi connectivity index (χ0) is 14.6. The van der Waals surface area contributed by atoms with Gasteiger partial charge in [0.2, 0.25) is 5.91 Å². The van der Waals surface area contributed by atoms with Gasteiger partial charge in [-0.05, 0) is 51.7 Å². The van der Waals surface area contributed by atoms with E-state index in [0.717, 1.165) is 32.5 Å². The first-order valence-corrected chi connectivity index (χ1v) is 7.79. The van der Waals surface area contributed by atoms with E-state index in [9.17, 15) is 4.79 Å². The molecule has 2 aliphatic rings. The highest BCUT2D eigenvalue weighted by molar-refractivity contribution is 5.83. The van der Waals surface area contributed by atoms with E-state index in [2.05, 4.69) is 11.9 Å². The molecule has 116 valence electrons. The molecule has 20 heavy (non-hydrogen) atoms. The van der Waals surface area contributed by atoms with Crippen LogP contribution in [0.4, 0.5) is 0 Å². The Morgan fingerprint density at radius 2 is 1.95 bits per heavy atom. The van der Waals surface area contributed by atoms with Crippen molar-refractivity contribution < 1.29 is 9.53 Å². The second-order valence-electron chi connectivity index (χ2n) is 6.53. The summed E-state index contributed by atoms with van der Waals surface area (Å²) in [6.45, 7) is 4.91. The third kappa shape index (κ3) is 3.51. The first-order chi connectivity index (χ1) is 9.57. The van der Waals surface area contributed by atoms with Crippen LogP contribution in [-0.4, -0.2) is 69.2 Å². The van der Waals surface area contributed by atoms with Gasteiger partial charge in [0.05, 0.1) is 5.41 Å². The lowest BCUT2D eigenvalue weighted by Crippen LogP contribution is -2.51. The maximum Gasteiger partial charge on any atom is 0.229 e. The summed E-state index contributed by atoms with van der Waals surface area (Å²) in [5.41, 5.74) is 5.54. The summed E-state index contributed by atoms with van der Waals surface area (Å²) in [6.07, 6.45) is 3.90. The average Bonchev–Trinajstić information content (AvgIpc) is 2.49. The van der Waals surface area contributed by atoms with Crippen LogP contribution in [0.1, 0.15) is 25.7 Å². The number of carbonyl (C=O) groups excluding carboxylic acids is 1. The molecule has 0 aromatic rings. The SMILES string of the molecule is CN1CCC(CN(C)C(=O)C2(CN)CCOCC2)CC1. The van der Waals surface area contributed by atoms with Crippen LogP contribution < -0.4 is 5.73 Å². The first-order valence-electron chi connectivity index (χ1n) is 7.79. The standard InChI is InChI=1S/C15H29N3O2/c1-17-7-3-13(4-8-17)11-18(2)14(19)15(12-16)5-9-20-10-6-15/h13H,3-12,16H2,1-2H3. The van der Waals surface area contributed by atoms with Crippen molar-refractivity contribution in [2.45, 2.75) is 25.7 Å². The zero-order valence-electron chi connectivity index (χ0n) is 12.9. The maximum absolute atomic E-state index is 12.8. The summed E-state index contributed by atoms with van der Waals surface area (Å²) in [6, 6.07) is 0. The lowest BCUT2D eigenvalue weighted by atomic mass is 9.78. The Morgan fingerprint density at radius 3 is 2.50 bits per heavy atom. The van der Waals surface area contributed by atoms with Crippen LogP contribution in [0.5, 0.6) is 0 Å². The van der Waals surface area contributed by atoms with Gasteiger partial charge in [0, 0.05) is 33.4 Å². The molecule has 0 unspecified atom stereocenters. The van der Waals surface area contributed by atoms with Crippen LogP contribution in [0.25, 0.3) is 0 Å². The molecule has 0 bridgehead atoms. The molecule has 2 N–H and O–H groups in total. The molecule has 2 rings (SSSR count). The molecule has 0 aromatic heterocycles. The molecular formula is C15H29N3O2. The number of ether oxygens (including phenoxy) is 1. The van der Waals surface area contributed by atoms with Crippen LogP contribution in [-0.2, 0) is 9.53 Å². The fraction of sp³-hybridized carbons (Fsp3) is 0.933. The summed E-state index contributed by atoms with van der Waals surface area (Å²) in [5.74, 6) is 0.858. The molecule has 0 aromatic carbocycles. The summed E-state index contributed by atoms with van der Waals surface area (Å²) >= 11 is 0. The number of piperidine rings is 1. The molecule has 0 atom stereocenters. The third-order valence-electron chi connectivity index (χ3n) is 5.01. The van der Waals surface area contributed by atoms with Crippen molar-refractivity contribution in [1.82, 2.24) is 9.80 Å². The number of hydrogen-bond donors (Lipinski definition) is 1. The number of nitrogens with two attached hydrogens (primary N) is 1. The maximum atomic E-state index is 12.8. The average molecular weight is 283 g/mol. The van der Waals surface area contributed by atoms with E-state index in [4.69, 9.17) is 10.5 Å². The van der Waals surface area contributed by atoms with Gasteiger partial charge in [0.25, 0.3) is 0 Å². The predicted octanol–water partition coefficient (Wildman–Crippen LogP) is 0.542. The lowest BCUT2D eigenvalue weighted by molar-refractivity contribution is -0.146. The second kappa shape index (κ2) is 6.87. The van der Waals surface area contributed by atoms with E-state index in [-0.39, 0.29) is 11.3 Å². The number of nitrogens with zero attached hydrogens (tertiary/aromatic N) is 2. The van der Waals surface area contributed by atoms with Gasteiger partial charge in [-0.3, -0.25) is 4.79 Å². The molecule has 2 saturated heterocycles. The van der Waals surface area contributed by atoms with Gasteiger partial charge in [-0.15, -0.1) is 0 Å². The van der Waals surface area contributed by atoms with E-state index in [1.54, 1.807) is 0 Å². The molecule has 0 saturated carbocycles. The molecule has 0 spiro atoms. The minimum atomic E-state index is -0.377. The summed E-state index contributed by atoms with van der Waals surface area (Å²) in [4.78, 5) is 17.1. The normalized spacial score (nSPS) is 24.6. The number of hydrogen-bond acceptors (Lipinski definition) is 4. The summed E-state index contributed by atoms with van der Waals surface area (Å²) in [7, 11) is 4.10. The fourth-order valence-electron chi connectivity index (χ4n) is 3.39. The van der Waals surface area contributed by atoms with Crippen molar-refractivity contribution in [1.29, 1.82) is 0 Å². The summed E-state index contributed by atoms with van der Waals surface area (Å²) < 4.78 is 5.39. The molecule has 2 heterocycles. The Bertz CT molecular complexity index is 321. The minimum Gasteiger partial charge on any atom is -0.381 e. The molecule has 1 amide bonds. The van der Waals surface area contributed by atoms with E-state index < -0.39 is 0 Å². The van der Waals surface area contributed by atoms with Crippen LogP contribution in [0.15, 0.2) is 0 Å². The largest absolute Gasteiger partial charge is 0.381 e. The monoisotopic (exact) mass is 283 g/mol. The molecule has 0 radical (unpaired) electrons. The minimum absolute atomic E-state index is 0.224. The fourth-order valence-corrected chi connectivity index (χ4v) is 3.39. The number of rotatable bonds is 4. The molecule has 0 aliphatic carbocycles. The Hall–Kier alpha value is -0.650. The first kappa shape index (κ1) is 15.7. The highest BCUT2D eigenvalue weighted by Gasteiger charge is 2.40. The number of carbonyl (C=O) groups is 1. The Kier molecular flexibility index (Phi) is 5.41. The van der Waals surface area contributed by atoms with Gasteiger partial charge in [-0.1, -0.05) is 0 Å². The van der Waals surface area contributed by atoms with Crippen LogP contribution in [0.2, 0.25) is 0 Å². The quantitative estimate of drug-likeness (QED) is 0.818. The Labute approximate surface area is 122 Å². The van der Waals surface area contributed by atoms with Gasteiger partial charge in [-0.2, -0.15) is 0 Å². The predicted molar refractivity (Wildman–Crippen MR) is 79.4 cm³/mol.